The molecule has 0 radical (unpaired) electrons. The van der Waals surface area contributed by atoms with Crippen LogP contribution in [0, 0.1) is 22.7 Å². The van der Waals surface area contributed by atoms with Crippen LogP contribution in [0.2, 0.25) is 0 Å². The molecule has 4 rings (SSSR count). The molecule has 0 spiro atoms. The molecule has 5 nitrogen and oxygen atoms in total. The molecular weight excluding hydrogens is 270 g/mol. The summed E-state index contributed by atoms with van der Waals surface area (Å²) in [5.74, 6) is 0.100. The zero-order valence-electron chi connectivity index (χ0n) is 12.6. The van der Waals surface area contributed by atoms with Crippen molar-refractivity contribution >= 4 is 11.9 Å². The smallest absolute Gasteiger partial charge is 0.326 e. The molecule has 1 amide bonds. The van der Waals surface area contributed by atoms with Crippen LogP contribution < -0.4 is 5.32 Å². The Kier molecular flexibility index (Phi) is 3.51. The second kappa shape index (κ2) is 4.97. The molecule has 4 aliphatic rings. The van der Waals surface area contributed by atoms with Crippen molar-refractivity contribution in [2.24, 2.45) is 22.7 Å². The zero-order chi connectivity index (χ0) is 15.3. The number of carboxylic acid groups (broad SMARTS) is 1. The van der Waals surface area contributed by atoms with E-state index >= 15 is 0 Å². The van der Waals surface area contributed by atoms with E-state index in [0.29, 0.717) is 11.8 Å². The summed E-state index contributed by atoms with van der Waals surface area (Å²) in [6.45, 7) is 2.06. The third kappa shape index (κ3) is 2.56. The molecule has 3 atom stereocenters. The fraction of sp³-hybridized carbons (Fsp3) is 0.875. The molecule has 3 N–H and O–H groups in total. The van der Waals surface area contributed by atoms with Gasteiger partial charge in [-0.25, -0.2) is 4.79 Å². The van der Waals surface area contributed by atoms with Gasteiger partial charge in [-0.15, -0.1) is 0 Å². The Balaban J connectivity index is 1.76. The van der Waals surface area contributed by atoms with Crippen molar-refractivity contribution in [3.8, 4) is 0 Å². The van der Waals surface area contributed by atoms with Gasteiger partial charge in [0.2, 0.25) is 5.91 Å². The van der Waals surface area contributed by atoms with E-state index in [1.165, 1.54) is 19.3 Å². The van der Waals surface area contributed by atoms with Crippen molar-refractivity contribution in [2.75, 3.05) is 6.61 Å². The predicted octanol–water partition coefficient (Wildman–Crippen LogP) is 1.54. The summed E-state index contributed by atoms with van der Waals surface area (Å²) in [5, 5.41) is 20.8. The highest BCUT2D eigenvalue weighted by molar-refractivity contribution is 5.87. The lowest BCUT2D eigenvalue weighted by Gasteiger charge is -2.60. The maximum atomic E-state index is 12.8. The van der Waals surface area contributed by atoms with Crippen molar-refractivity contribution in [1.29, 1.82) is 0 Å². The molecule has 0 saturated heterocycles. The normalized spacial score (nSPS) is 41.8. The van der Waals surface area contributed by atoms with Gasteiger partial charge in [-0.05, 0) is 55.8 Å². The Morgan fingerprint density at radius 1 is 1.24 bits per heavy atom. The summed E-state index contributed by atoms with van der Waals surface area (Å²) in [6, 6.07) is -0.969. The maximum Gasteiger partial charge on any atom is 0.326 e. The topological polar surface area (TPSA) is 86.6 Å². The monoisotopic (exact) mass is 295 g/mol. The largest absolute Gasteiger partial charge is 0.480 e. The summed E-state index contributed by atoms with van der Waals surface area (Å²) in [6.07, 6.45) is 6.47. The van der Waals surface area contributed by atoms with Gasteiger partial charge in [0.15, 0.2) is 0 Å². The van der Waals surface area contributed by atoms with Crippen LogP contribution >= 0.6 is 0 Å². The number of aliphatic carboxylic acids is 1. The number of hydrogen-bond donors (Lipinski definition) is 3. The van der Waals surface area contributed by atoms with Gasteiger partial charge in [0, 0.05) is 13.0 Å². The molecule has 0 aromatic heterocycles. The van der Waals surface area contributed by atoms with E-state index < -0.39 is 12.0 Å². The quantitative estimate of drug-likeness (QED) is 0.718. The first-order valence-electron chi connectivity index (χ1n) is 8.00. The standard InChI is InChI=1S/C16H25NO4/c1-15-5-10-4-11(6-15)8-16(7-10,9-15)14(21)17-12(2-3-18)13(19)20/h10-12,18H,2-9H2,1H3,(H,17,21)(H,19,20)/t10?,11?,12-,15?,16?/m0/s1. The van der Waals surface area contributed by atoms with E-state index in [2.05, 4.69) is 12.2 Å². The lowest BCUT2D eigenvalue weighted by molar-refractivity contribution is -0.158. The van der Waals surface area contributed by atoms with E-state index in [0.717, 1.165) is 19.3 Å². The molecule has 118 valence electrons. The average molecular weight is 295 g/mol. The van der Waals surface area contributed by atoms with Gasteiger partial charge in [0.1, 0.15) is 6.04 Å². The summed E-state index contributed by atoms with van der Waals surface area (Å²) in [7, 11) is 0. The van der Waals surface area contributed by atoms with Gasteiger partial charge in [0.25, 0.3) is 0 Å². The Morgan fingerprint density at radius 3 is 2.33 bits per heavy atom. The van der Waals surface area contributed by atoms with Crippen molar-refractivity contribution in [2.45, 2.75) is 57.9 Å². The predicted molar refractivity (Wildman–Crippen MR) is 76.5 cm³/mol. The van der Waals surface area contributed by atoms with Crippen LogP contribution in [0.25, 0.3) is 0 Å². The molecule has 4 bridgehead atoms. The minimum Gasteiger partial charge on any atom is -0.480 e. The first-order chi connectivity index (χ1) is 9.86. The highest BCUT2D eigenvalue weighted by Gasteiger charge is 2.59. The second-order valence-corrected chi connectivity index (χ2v) is 7.93. The van der Waals surface area contributed by atoms with Crippen LogP contribution in [0.3, 0.4) is 0 Å². The van der Waals surface area contributed by atoms with Gasteiger partial charge in [0.05, 0.1) is 5.41 Å². The van der Waals surface area contributed by atoms with Crippen molar-refractivity contribution < 1.29 is 19.8 Å². The Morgan fingerprint density at radius 2 is 1.86 bits per heavy atom. The molecule has 21 heavy (non-hydrogen) atoms. The van der Waals surface area contributed by atoms with E-state index in [9.17, 15) is 9.59 Å². The van der Waals surface area contributed by atoms with Gasteiger partial charge in [-0.3, -0.25) is 4.79 Å². The molecule has 0 heterocycles. The molecule has 2 unspecified atom stereocenters. The number of carbonyl (C=O) groups excluding carboxylic acids is 1. The van der Waals surface area contributed by atoms with E-state index in [1.54, 1.807) is 0 Å². The van der Waals surface area contributed by atoms with Crippen LogP contribution in [0.15, 0.2) is 0 Å². The van der Waals surface area contributed by atoms with Gasteiger partial charge < -0.3 is 15.5 Å². The minimum absolute atomic E-state index is 0.0707. The summed E-state index contributed by atoms with van der Waals surface area (Å²) in [5.41, 5.74) is -0.0981. The van der Waals surface area contributed by atoms with Crippen LogP contribution in [-0.2, 0) is 9.59 Å². The molecule has 4 saturated carbocycles. The van der Waals surface area contributed by atoms with Crippen molar-refractivity contribution in [1.82, 2.24) is 5.32 Å². The van der Waals surface area contributed by atoms with Gasteiger partial charge in [-0.2, -0.15) is 0 Å². The molecule has 0 aromatic rings. The Labute approximate surface area is 125 Å². The fourth-order valence-electron chi connectivity index (χ4n) is 5.68. The van der Waals surface area contributed by atoms with Gasteiger partial charge >= 0.3 is 5.97 Å². The lowest BCUT2D eigenvalue weighted by Crippen LogP contribution is -2.58. The van der Waals surface area contributed by atoms with Crippen LogP contribution in [0.4, 0.5) is 0 Å². The first-order valence-corrected chi connectivity index (χ1v) is 8.00. The number of carbonyl (C=O) groups is 2. The SMILES string of the molecule is CC12CC3CC(C1)CC(C(=O)N[C@@H](CCO)C(=O)O)(C3)C2. The van der Waals surface area contributed by atoms with Crippen molar-refractivity contribution in [3.63, 3.8) is 0 Å². The molecular formula is C16H25NO4. The lowest BCUT2D eigenvalue weighted by atomic mass is 9.44. The number of aliphatic hydroxyl groups is 1. The molecule has 0 aliphatic heterocycles. The molecule has 4 aliphatic carbocycles. The highest BCUT2D eigenvalue weighted by Crippen LogP contribution is 2.65. The third-order valence-electron chi connectivity index (χ3n) is 5.86. The number of nitrogens with one attached hydrogen (secondary N) is 1. The number of carboxylic acids is 1. The van der Waals surface area contributed by atoms with Crippen LogP contribution in [0.5, 0.6) is 0 Å². The minimum atomic E-state index is -1.06. The molecule has 4 fully saturated rings. The third-order valence-corrected chi connectivity index (χ3v) is 5.86. The average Bonchev–Trinajstić information content (AvgIpc) is 2.34. The summed E-state index contributed by atoms with van der Waals surface area (Å²) in [4.78, 5) is 24.0. The Bertz CT molecular complexity index is 447. The van der Waals surface area contributed by atoms with E-state index in [1.807, 2.05) is 0 Å². The molecule has 0 aromatic carbocycles. The number of amides is 1. The fourth-order valence-corrected chi connectivity index (χ4v) is 5.68. The molecule has 5 heteroatoms. The van der Waals surface area contributed by atoms with Crippen LogP contribution in [0.1, 0.15) is 51.9 Å². The number of rotatable bonds is 5. The maximum absolute atomic E-state index is 12.8. The van der Waals surface area contributed by atoms with Crippen LogP contribution in [-0.4, -0.2) is 34.7 Å². The summed E-state index contributed by atoms with van der Waals surface area (Å²) >= 11 is 0. The highest BCUT2D eigenvalue weighted by atomic mass is 16.4. The van der Waals surface area contributed by atoms with E-state index in [4.69, 9.17) is 10.2 Å². The second-order valence-electron chi connectivity index (χ2n) is 7.93. The number of aliphatic hydroxyl groups excluding tert-OH is 1. The van der Waals surface area contributed by atoms with Gasteiger partial charge in [-0.1, -0.05) is 6.92 Å². The number of hydrogen-bond acceptors (Lipinski definition) is 3. The first kappa shape index (κ1) is 14.8. The zero-order valence-corrected chi connectivity index (χ0v) is 12.6. The van der Waals surface area contributed by atoms with E-state index in [-0.39, 0.29) is 29.8 Å². The Hall–Kier alpha value is -1.10. The summed E-state index contributed by atoms with van der Waals surface area (Å²) < 4.78 is 0. The van der Waals surface area contributed by atoms with Crippen molar-refractivity contribution in [3.05, 3.63) is 0 Å².